The van der Waals surface area contributed by atoms with Crippen LogP contribution in [0.5, 0.6) is 0 Å². The van der Waals surface area contributed by atoms with E-state index in [-0.39, 0.29) is 22.9 Å². The molecule has 5 rings (SSSR count). The maximum atomic E-state index is 13.7. The van der Waals surface area contributed by atoms with Gasteiger partial charge in [0.1, 0.15) is 17.5 Å². The number of carbonyl (C=O) groups excluding carboxylic acids is 3. The molecular formula is C28H35NO9. The normalized spacial score (nSPS) is 41.2. The van der Waals surface area contributed by atoms with Crippen LogP contribution < -0.4 is 0 Å². The number of hydrogen-bond acceptors (Lipinski definition) is 9. The Hall–Kier alpha value is -2.79. The van der Waals surface area contributed by atoms with Gasteiger partial charge in [-0.3, -0.25) is 19.3 Å². The lowest BCUT2D eigenvalue weighted by Crippen LogP contribution is -2.58. The van der Waals surface area contributed by atoms with Gasteiger partial charge in [0.25, 0.3) is 5.91 Å². The molecule has 2 fully saturated rings. The number of amides is 1. The standard InChI is InChI=1S/C28H35NO9/c1-12-11-27(16(5)37-17(6)30)25(33)14(3)26(34)29(27)21-10-18(31)9-19-24(13(2)23(12)28(19,21)35)38-22-8-7-20(32)15(4)36-22/h9-11,13,15-16,20,22-24,32-33,35H,7-8H2,1-6H3/t13-,15-,16+,20-,22+,23-,24+,27-,28+/m1/s1. The van der Waals surface area contributed by atoms with Crippen LogP contribution in [-0.4, -0.2) is 79.7 Å². The average molecular weight is 530 g/mol. The summed E-state index contributed by atoms with van der Waals surface area (Å²) in [5, 5.41) is 33.9. The third-order valence-electron chi connectivity index (χ3n) is 8.84. The fourth-order valence-electron chi connectivity index (χ4n) is 7.11. The molecule has 0 spiro atoms. The molecule has 0 radical (unpaired) electrons. The van der Waals surface area contributed by atoms with E-state index in [0.717, 1.165) is 0 Å². The first-order valence-corrected chi connectivity index (χ1v) is 13.1. The van der Waals surface area contributed by atoms with Gasteiger partial charge in [-0.05, 0) is 52.2 Å². The molecule has 1 saturated carbocycles. The number of esters is 1. The fourth-order valence-corrected chi connectivity index (χ4v) is 7.11. The molecule has 3 heterocycles. The zero-order valence-corrected chi connectivity index (χ0v) is 22.4. The number of carbonyl (C=O) groups is 3. The first-order chi connectivity index (χ1) is 17.7. The van der Waals surface area contributed by atoms with Gasteiger partial charge in [-0.2, -0.15) is 0 Å². The third-order valence-corrected chi connectivity index (χ3v) is 8.84. The van der Waals surface area contributed by atoms with E-state index in [9.17, 15) is 29.7 Å². The Morgan fingerprint density at radius 2 is 1.89 bits per heavy atom. The Labute approximate surface area is 221 Å². The molecule has 38 heavy (non-hydrogen) atoms. The average Bonchev–Trinajstić information content (AvgIpc) is 3.11. The monoisotopic (exact) mass is 529 g/mol. The van der Waals surface area contributed by atoms with Gasteiger partial charge in [-0.1, -0.05) is 12.5 Å². The van der Waals surface area contributed by atoms with Crippen molar-refractivity contribution in [1.29, 1.82) is 0 Å². The van der Waals surface area contributed by atoms with Crippen LogP contribution in [0.1, 0.15) is 54.4 Å². The largest absolute Gasteiger partial charge is 0.509 e. The second kappa shape index (κ2) is 8.87. The van der Waals surface area contributed by atoms with Crippen LogP contribution in [0.2, 0.25) is 0 Å². The highest BCUT2D eigenvalue weighted by Gasteiger charge is 2.68. The van der Waals surface area contributed by atoms with Crippen LogP contribution in [-0.2, 0) is 28.6 Å². The number of ketones is 1. The smallest absolute Gasteiger partial charge is 0.303 e. The molecule has 3 N–H and O–H groups in total. The molecule has 5 aliphatic rings. The molecular weight excluding hydrogens is 494 g/mol. The van der Waals surface area contributed by atoms with Gasteiger partial charge in [0, 0.05) is 30.9 Å². The highest BCUT2D eigenvalue weighted by atomic mass is 16.7. The topological polar surface area (TPSA) is 143 Å². The van der Waals surface area contributed by atoms with Crippen LogP contribution in [0.25, 0.3) is 0 Å². The van der Waals surface area contributed by atoms with Crippen LogP contribution >= 0.6 is 0 Å². The second-order valence-electron chi connectivity index (χ2n) is 11.2. The van der Waals surface area contributed by atoms with E-state index in [1.54, 1.807) is 26.8 Å². The number of aliphatic hydroxyl groups excluding tert-OH is 2. The van der Waals surface area contributed by atoms with Crippen LogP contribution in [0.3, 0.4) is 0 Å². The number of ether oxygens (including phenoxy) is 3. The first-order valence-electron chi connectivity index (χ1n) is 13.1. The van der Waals surface area contributed by atoms with Gasteiger partial charge in [-0.25, -0.2) is 0 Å². The van der Waals surface area contributed by atoms with E-state index in [0.29, 0.717) is 24.0 Å². The Morgan fingerprint density at radius 1 is 1.21 bits per heavy atom. The Balaban J connectivity index is 1.66. The predicted octanol–water partition coefficient (Wildman–Crippen LogP) is 1.97. The maximum Gasteiger partial charge on any atom is 0.303 e. The predicted molar refractivity (Wildman–Crippen MR) is 133 cm³/mol. The summed E-state index contributed by atoms with van der Waals surface area (Å²) in [7, 11) is 0. The molecule has 10 nitrogen and oxygen atoms in total. The molecule has 10 heteroatoms. The number of nitrogens with zero attached hydrogens (tertiary/aromatic N) is 1. The van der Waals surface area contributed by atoms with Crippen molar-refractivity contribution in [3.63, 3.8) is 0 Å². The SMILES string of the molecule is CC(=O)O[C@@H](C)[C@@]12C=C(C)[C@@H]3[C@@H](C)[C@H](O[C@H]4CC[C@@H](O)[C@@H](C)O4)C4=CC(=O)C=C(N1C(=O)C(C)=C2O)[C@@]43O. The summed E-state index contributed by atoms with van der Waals surface area (Å²) in [5.41, 5.74) is -2.46. The fraction of sp³-hybridized carbons (Fsp3) is 0.607. The molecule has 0 aromatic rings. The summed E-state index contributed by atoms with van der Waals surface area (Å²) < 4.78 is 17.7. The molecule has 206 valence electrons. The molecule has 3 aliphatic heterocycles. The minimum Gasteiger partial charge on any atom is -0.509 e. The minimum atomic E-state index is -1.81. The van der Waals surface area contributed by atoms with Gasteiger partial charge in [0.2, 0.25) is 0 Å². The van der Waals surface area contributed by atoms with E-state index in [4.69, 9.17) is 14.2 Å². The number of allylic oxidation sites excluding steroid dienone is 2. The van der Waals surface area contributed by atoms with Crippen molar-refractivity contribution in [2.45, 2.75) is 96.2 Å². The van der Waals surface area contributed by atoms with Gasteiger partial charge >= 0.3 is 5.97 Å². The molecule has 1 amide bonds. The van der Waals surface area contributed by atoms with Crippen LogP contribution in [0, 0.1) is 11.8 Å². The van der Waals surface area contributed by atoms with Crippen molar-refractivity contribution in [2.24, 2.45) is 11.8 Å². The number of fused-ring (bicyclic) bond motifs is 2. The zero-order valence-electron chi connectivity index (χ0n) is 22.4. The Bertz CT molecular complexity index is 1230. The molecule has 0 aromatic carbocycles. The lowest BCUT2D eigenvalue weighted by Gasteiger charge is -2.45. The van der Waals surface area contributed by atoms with E-state index in [1.165, 1.54) is 30.9 Å². The molecule has 0 aromatic heterocycles. The quantitative estimate of drug-likeness (QED) is 0.368. The van der Waals surface area contributed by atoms with Crippen LogP contribution in [0.4, 0.5) is 0 Å². The number of hydrogen-bond donors (Lipinski definition) is 3. The van der Waals surface area contributed by atoms with Crippen molar-refractivity contribution in [2.75, 3.05) is 0 Å². The van der Waals surface area contributed by atoms with Gasteiger partial charge in [0.15, 0.2) is 17.6 Å². The van der Waals surface area contributed by atoms with E-state index >= 15 is 0 Å². The molecule has 1 saturated heterocycles. The van der Waals surface area contributed by atoms with Crippen molar-refractivity contribution < 1.29 is 43.9 Å². The van der Waals surface area contributed by atoms with Gasteiger partial charge in [0.05, 0.1) is 29.6 Å². The first kappa shape index (κ1) is 26.8. The van der Waals surface area contributed by atoms with Crippen molar-refractivity contribution in [3.8, 4) is 0 Å². The number of rotatable bonds is 4. The van der Waals surface area contributed by atoms with Crippen molar-refractivity contribution >= 4 is 17.7 Å². The summed E-state index contributed by atoms with van der Waals surface area (Å²) in [4.78, 5) is 39.9. The lowest BCUT2D eigenvalue weighted by molar-refractivity contribution is -0.233. The maximum absolute atomic E-state index is 13.7. The summed E-state index contributed by atoms with van der Waals surface area (Å²) in [6.07, 6.45) is 1.75. The van der Waals surface area contributed by atoms with Gasteiger partial charge in [-0.15, -0.1) is 0 Å². The molecule has 2 aliphatic carbocycles. The molecule has 0 bridgehead atoms. The lowest BCUT2D eigenvalue weighted by atomic mass is 9.76. The Morgan fingerprint density at radius 3 is 2.53 bits per heavy atom. The third kappa shape index (κ3) is 3.50. The van der Waals surface area contributed by atoms with Gasteiger partial charge < -0.3 is 29.5 Å². The highest BCUT2D eigenvalue weighted by molar-refractivity contribution is 6.06. The van der Waals surface area contributed by atoms with Crippen molar-refractivity contribution in [1.82, 2.24) is 4.90 Å². The van der Waals surface area contributed by atoms with Crippen molar-refractivity contribution in [3.05, 3.63) is 46.4 Å². The number of aliphatic hydroxyl groups is 3. The molecule has 9 atom stereocenters. The van der Waals surface area contributed by atoms with E-state index in [1.807, 2.05) is 6.92 Å². The Kier molecular flexibility index (Phi) is 6.26. The highest BCUT2D eigenvalue weighted by Crippen LogP contribution is 2.60. The zero-order chi connectivity index (χ0) is 27.9. The summed E-state index contributed by atoms with van der Waals surface area (Å²) >= 11 is 0. The summed E-state index contributed by atoms with van der Waals surface area (Å²) in [6.45, 7) is 9.71. The second-order valence-corrected chi connectivity index (χ2v) is 11.2. The van der Waals surface area contributed by atoms with Crippen LogP contribution in [0.15, 0.2) is 46.4 Å². The molecule has 0 unspecified atom stereocenters. The summed E-state index contributed by atoms with van der Waals surface area (Å²) in [6, 6.07) is 0. The van der Waals surface area contributed by atoms with E-state index < -0.39 is 65.4 Å². The summed E-state index contributed by atoms with van der Waals surface area (Å²) in [5.74, 6) is -2.94. The van der Waals surface area contributed by atoms with E-state index in [2.05, 4.69) is 0 Å². The minimum absolute atomic E-state index is 0.0109.